The highest BCUT2D eigenvalue weighted by Gasteiger charge is 2.34. The molecule has 134 valence electrons. The number of thiazole rings is 2. The highest BCUT2D eigenvalue weighted by molar-refractivity contribution is 7.22. The Labute approximate surface area is 155 Å². The van der Waals surface area contributed by atoms with Gasteiger partial charge in [-0.1, -0.05) is 11.3 Å². The molecule has 1 aliphatic heterocycles. The molecule has 2 amide bonds. The van der Waals surface area contributed by atoms with Crippen LogP contribution in [0.5, 0.6) is 0 Å². The summed E-state index contributed by atoms with van der Waals surface area (Å²) in [6.45, 7) is 1.10. The molecule has 3 heterocycles. The van der Waals surface area contributed by atoms with Crippen LogP contribution in [0.2, 0.25) is 0 Å². The van der Waals surface area contributed by atoms with Gasteiger partial charge in [-0.25, -0.2) is 14.4 Å². The van der Waals surface area contributed by atoms with Crippen LogP contribution < -0.4 is 16.0 Å². The van der Waals surface area contributed by atoms with Crippen LogP contribution in [-0.4, -0.2) is 34.9 Å². The van der Waals surface area contributed by atoms with Crippen molar-refractivity contribution in [1.29, 1.82) is 0 Å². The van der Waals surface area contributed by atoms with E-state index in [0.29, 0.717) is 23.9 Å². The molecule has 1 saturated heterocycles. The van der Waals surface area contributed by atoms with Crippen molar-refractivity contribution in [2.75, 3.05) is 23.3 Å². The van der Waals surface area contributed by atoms with Crippen LogP contribution in [0.1, 0.15) is 5.69 Å². The van der Waals surface area contributed by atoms with Gasteiger partial charge in [-0.15, -0.1) is 11.3 Å². The van der Waals surface area contributed by atoms with Crippen molar-refractivity contribution in [1.82, 2.24) is 9.97 Å². The maximum atomic E-state index is 13.3. The van der Waals surface area contributed by atoms with Crippen molar-refractivity contribution < 1.29 is 14.0 Å². The first-order chi connectivity index (χ1) is 12.5. The number of aromatic nitrogens is 2. The smallest absolute Gasteiger partial charge is 0.232 e. The number of anilines is 2. The zero-order valence-corrected chi connectivity index (χ0v) is 15.1. The van der Waals surface area contributed by atoms with Crippen molar-refractivity contribution in [2.24, 2.45) is 11.7 Å². The van der Waals surface area contributed by atoms with E-state index in [4.69, 9.17) is 5.73 Å². The van der Waals surface area contributed by atoms with Crippen LogP contribution in [0.4, 0.5) is 14.7 Å². The molecule has 0 unspecified atom stereocenters. The van der Waals surface area contributed by atoms with Crippen LogP contribution in [0.25, 0.3) is 10.2 Å². The van der Waals surface area contributed by atoms with Crippen LogP contribution in [-0.2, 0) is 16.0 Å². The maximum absolute atomic E-state index is 13.3. The Hall–Kier alpha value is -2.59. The summed E-state index contributed by atoms with van der Waals surface area (Å²) in [6.07, 6.45) is 0.0573. The first-order valence-corrected chi connectivity index (χ1v) is 9.52. The van der Waals surface area contributed by atoms with Crippen LogP contribution >= 0.6 is 22.7 Å². The van der Waals surface area contributed by atoms with Crippen LogP contribution in [0.15, 0.2) is 23.6 Å². The molecule has 0 radical (unpaired) electrons. The van der Waals surface area contributed by atoms with Gasteiger partial charge < -0.3 is 16.0 Å². The number of primary amides is 1. The molecule has 3 N–H and O–H groups in total. The van der Waals surface area contributed by atoms with E-state index in [1.54, 1.807) is 11.4 Å². The molecule has 7 nitrogen and oxygen atoms in total. The maximum Gasteiger partial charge on any atom is 0.232 e. The summed E-state index contributed by atoms with van der Waals surface area (Å²) in [5.74, 6) is -1.03. The number of hydrogen-bond acceptors (Lipinski definition) is 7. The number of halogens is 1. The quantitative estimate of drug-likeness (QED) is 0.693. The lowest BCUT2D eigenvalue weighted by Gasteiger charge is -2.37. The minimum Gasteiger partial charge on any atom is -0.369 e. The number of carbonyl (C=O) groups is 2. The van der Waals surface area contributed by atoms with Crippen LogP contribution in [0.3, 0.4) is 0 Å². The van der Waals surface area contributed by atoms with Crippen molar-refractivity contribution in [2.45, 2.75) is 6.42 Å². The molecule has 2 aromatic heterocycles. The summed E-state index contributed by atoms with van der Waals surface area (Å²) in [6, 6.07) is 4.51. The summed E-state index contributed by atoms with van der Waals surface area (Å²) in [4.78, 5) is 33.8. The predicted molar refractivity (Wildman–Crippen MR) is 98.9 cm³/mol. The van der Waals surface area contributed by atoms with Gasteiger partial charge in [0.15, 0.2) is 10.3 Å². The SMILES string of the molecule is NC(=O)Cc1csc(NC(=O)C2CN(c3nc4ccc(F)cc4s3)C2)n1. The summed E-state index contributed by atoms with van der Waals surface area (Å²) in [7, 11) is 0. The fraction of sp³-hybridized carbons (Fsp3) is 0.250. The third-order valence-corrected chi connectivity index (χ3v) is 5.88. The number of nitrogens with one attached hydrogen (secondary N) is 1. The Kier molecular flexibility index (Phi) is 4.29. The van der Waals surface area contributed by atoms with E-state index in [1.807, 2.05) is 4.90 Å². The van der Waals surface area contributed by atoms with Gasteiger partial charge in [0, 0.05) is 18.5 Å². The Balaban J connectivity index is 1.35. The summed E-state index contributed by atoms with van der Waals surface area (Å²) in [5, 5.41) is 5.71. The number of amides is 2. The molecule has 0 saturated carbocycles. The molecule has 1 fully saturated rings. The number of hydrogen-bond donors (Lipinski definition) is 2. The first kappa shape index (κ1) is 16.9. The number of carbonyl (C=O) groups excluding carboxylic acids is 2. The van der Waals surface area contributed by atoms with Gasteiger partial charge in [-0.2, -0.15) is 0 Å². The molecule has 26 heavy (non-hydrogen) atoms. The molecular weight excluding hydrogens is 377 g/mol. The molecule has 3 aromatic rings. The lowest BCUT2D eigenvalue weighted by molar-refractivity contribution is -0.120. The van der Waals surface area contributed by atoms with Crippen molar-refractivity contribution in [3.63, 3.8) is 0 Å². The molecule has 4 rings (SSSR count). The van der Waals surface area contributed by atoms with E-state index in [9.17, 15) is 14.0 Å². The molecule has 0 spiro atoms. The topological polar surface area (TPSA) is 101 Å². The van der Waals surface area contributed by atoms with E-state index in [2.05, 4.69) is 15.3 Å². The Morgan fingerprint density at radius 1 is 1.35 bits per heavy atom. The second-order valence-electron chi connectivity index (χ2n) is 5.99. The third-order valence-electron chi connectivity index (χ3n) is 4.00. The largest absolute Gasteiger partial charge is 0.369 e. The molecular formula is C16H14FN5O2S2. The fourth-order valence-corrected chi connectivity index (χ4v) is 4.38. The molecule has 1 aliphatic rings. The lowest BCUT2D eigenvalue weighted by Crippen LogP contribution is -2.52. The van der Waals surface area contributed by atoms with Gasteiger partial charge in [-0.05, 0) is 18.2 Å². The first-order valence-electron chi connectivity index (χ1n) is 7.82. The Morgan fingerprint density at radius 3 is 2.92 bits per heavy atom. The van der Waals surface area contributed by atoms with Gasteiger partial charge in [0.05, 0.1) is 28.2 Å². The third kappa shape index (κ3) is 3.37. The molecule has 10 heteroatoms. The number of nitrogens with two attached hydrogens (primary N) is 1. The fourth-order valence-electron chi connectivity index (χ4n) is 2.65. The number of benzene rings is 1. The summed E-state index contributed by atoms with van der Waals surface area (Å²) >= 11 is 2.67. The number of fused-ring (bicyclic) bond motifs is 1. The lowest BCUT2D eigenvalue weighted by atomic mass is 10.0. The van der Waals surface area contributed by atoms with Crippen molar-refractivity contribution in [3.05, 3.63) is 35.1 Å². The van der Waals surface area contributed by atoms with Gasteiger partial charge in [0.2, 0.25) is 11.8 Å². The van der Waals surface area contributed by atoms with Gasteiger partial charge in [0.25, 0.3) is 0 Å². The average molecular weight is 391 g/mol. The normalized spacial score (nSPS) is 14.4. The Morgan fingerprint density at radius 2 is 2.15 bits per heavy atom. The summed E-state index contributed by atoms with van der Waals surface area (Å²) < 4.78 is 14.1. The summed E-state index contributed by atoms with van der Waals surface area (Å²) in [5.41, 5.74) is 6.43. The second kappa shape index (κ2) is 6.61. The zero-order valence-electron chi connectivity index (χ0n) is 13.4. The molecule has 0 aliphatic carbocycles. The molecule has 1 aromatic carbocycles. The minimum atomic E-state index is -0.460. The van der Waals surface area contributed by atoms with Gasteiger partial charge in [-0.3, -0.25) is 9.59 Å². The average Bonchev–Trinajstić information content (AvgIpc) is 3.11. The number of nitrogens with zero attached hydrogens (tertiary/aromatic N) is 3. The van der Waals surface area contributed by atoms with E-state index in [1.165, 1.54) is 34.8 Å². The van der Waals surface area contributed by atoms with E-state index in [0.717, 1.165) is 15.3 Å². The predicted octanol–water partition coefficient (Wildman–Crippen LogP) is 1.99. The monoisotopic (exact) mass is 391 g/mol. The zero-order chi connectivity index (χ0) is 18.3. The highest BCUT2D eigenvalue weighted by Crippen LogP contribution is 2.33. The van der Waals surface area contributed by atoms with Gasteiger partial charge >= 0.3 is 0 Å². The highest BCUT2D eigenvalue weighted by atomic mass is 32.1. The molecule has 0 bridgehead atoms. The van der Waals surface area contributed by atoms with Crippen molar-refractivity contribution >= 4 is 55.0 Å². The van der Waals surface area contributed by atoms with E-state index >= 15 is 0 Å². The molecule has 0 atom stereocenters. The van der Waals surface area contributed by atoms with Gasteiger partial charge in [0.1, 0.15) is 5.82 Å². The standard InChI is InChI=1S/C16H14FN5O2S2/c17-9-1-2-11-12(3-9)26-16(20-11)22-5-8(6-22)14(24)21-15-19-10(7-25-15)4-13(18)23/h1-3,7-8H,4-6H2,(H2,18,23)(H,19,21,24). The second-order valence-corrected chi connectivity index (χ2v) is 7.85. The van der Waals surface area contributed by atoms with Crippen LogP contribution in [0, 0.1) is 11.7 Å². The van der Waals surface area contributed by atoms with E-state index in [-0.39, 0.29) is 24.1 Å². The Bertz CT molecular complexity index is 996. The minimum absolute atomic E-state index is 0.0573. The number of rotatable bonds is 5. The van der Waals surface area contributed by atoms with E-state index < -0.39 is 5.91 Å². The van der Waals surface area contributed by atoms with Crippen molar-refractivity contribution in [3.8, 4) is 0 Å².